The summed E-state index contributed by atoms with van der Waals surface area (Å²) >= 11 is 0. The molecular formula is C20H27ClN2O. The number of nitrogens with two attached hydrogens (primary N) is 1. The van der Waals surface area contributed by atoms with Gasteiger partial charge in [0, 0.05) is 11.6 Å². The van der Waals surface area contributed by atoms with Gasteiger partial charge in [-0.1, -0.05) is 43.7 Å². The number of hydrogen-bond donors (Lipinski definition) is 1. The summed E-state index contributed by atoms with van der Waals surface area (Å²) in [6.45, 7) is 4.58. The third-order valence-electron chi connectivity index (χ3n) is 5.04. The molecule has 2 N–H and O–H groups in total. The number of unbranched alkanes of at least 4 members (excludes halogenated alkanes) is 1. The molecular weight excluding hydrogens is 320 g/mol. The van der Waals surface area contributed by atoms with Crippen molar-refractivity contribution in [1.82, 2.24) is 4.90 Å². The van der Waals surface area contributed by atoms with E-state index in [9.17, 15) is 4.79 Å². The van der Waals surface area contributed by atoms with Gasteiger partial charge in [-0.3, -0.25) is 4.79 Å². The van der Waals surface area contributed by atoms with Crippen LogP contribution in [0.2, 0.25) is 0 Å². The predicted molar refractivity (Wildman–Crippen MR) is 103 cm³/mol. The van der Waals surface area contributed by atoms with Crippen LogP contribution in [0.3, 0.4) is 0 Å². The first-order valence-corrected chi connectivity index (χ1v) is 8.75. The summed E-state index contributed by atoms with van der Waals surface area (Å²) in [7, 11) is 0. The molecule has 1 amide bonds. The number of hydrogen-bond acceptors (Lipinski definition) is 2. The van der Waals surface area contributed by atoms with Gasteiger partial charge in [-0.05, 0) is 61.2 Å². The summed E-state index contributed by atoms with van der Waals surface area (Å²) in [6.07, 6.45) is 5.86. The minimum absolute atomic E-state index is 0. The maximum atomic E-state index is 11.9. The molecule has 3 nitrogen and oxygen atoms in total. The zero-order chi connectivity index (χ0) is 16.2. The molecule has 1 unspecified atom stereocenters. The molecule has 1 aliphatic heterocycles. The van der Waals surface area contributed by atoms with Gasteiger partial charge in [-0.25, -0.2) is 0 Å². The van der Waals surface area contributed by atoms with Crippen molar-refractivity contribution in [1.29, 1.82) is 0 Å². The van der Waals surface area contributed by atoms with E-state index in [-0.39, 0.29) is 18.3 Å². The lowest BCUT2D eigenvalue weighted by Gasteiger charge is -2.25. The smallest absolute Gasteiger partial charge is 0.248 e. The molecule has 2 aromatic carbocycles. The van der Waals surface area contributed by atoms with E-state index in [1.54, 1.807) is 0 Å². The normalized spacial score (nSPS) is 17.8. The number of likely N-dealkylation sites (tertiary alicyclic amines) is 1. The van der Waals surface area contributed by atoms with Crippen LogP contribution >= 0.6 is 12.4 Å². The van der Waals surface area contributed by atoms with Crippen LogP contribution in [0.5, 0.6) is 0 Å². The second-order valence-electron chi connectivity index (χ2n) is 6.57. The van der Waals surface area contributed by atoms with E-state index in [0.29, 0.717) is 11.6 Å². The number of rotatable bonds is 6. The molecule has 0 aromatic heterocycles. The van der Waals surface area contributed by atoms with Gasteiger partial charge in [-0.15, -0.1) is 12.4 Å². The van der Waals surface area contributed by atoms with E-state index < -0.39 is 0 Å². The van der Waals surface area contributed by atoms with E-state index >= 15 is 0 Å². The van der Waals surface area contributed by atoms with E-state index in [0.717, 1.165) is 18.5 Å². The van der Waals surface area contributed by atoms with Gasteiger partial charge in [0.15, 0.2) is 0 Å². The molecule has 0 spiro atoms. The number of carbonyl (C=O) groups is 1. The lowest BCUT2D eigenvalue weighted by atomic mass is 9.92. The maximum Gasteiger partial charge on any atom is 0.248 e. The summed E-state index contributed by atoms with van der Waals surface area (Å²) in [5, 5.41) is 2.36. The van der Waals surface area contributed by atoms with Crippen LogP contribution in [0.1, 0.15) is 48.5 Å². The Morgan fingerprint density at radius 1 is 1.25 bits per heavy atom. The van der Waals surface area contributed by atoms with Crippen molar-refractivity contribution in [2.45, 2.75) is 45.1 Å². The fraction of sp³-hybridized carbons (Fsp3) is 0.450. The Morgan fingerprint density at radius 3 is 2.79 bits per heavy atom. The zero-order valence-electron chi connectivity index (χ0n) is 14.3. The van der Waals surface area contributed by atoms with E-state index in [1.165, 1.54) is 43.0 Å². The van der Waals surface area contributed by atoms with Gasteiger partial charge < -0.3 is 10.6 Å². The van der Waals surface area contributed by atoms with Crippen LogP contribution in [0.15, 0.2) is 36.4 Å². The molecule has 1 heterocycles. The molecule has 1 aliphatic rings. The largest absolute Gasteiger partial charge is 0.366 e. The van der Waals surface area contributed by atoms with Crippen molar-refractivity contribution >= 4 is 29.1 Å². The van der Waals surface area contributed by atoms with E-state index in [4.69, 9.17) is 5.73 Å². The van der Waals surface area contributed by atoms with Gasteiger partial charge in [0.2, 0.25) is 5.91 Å². The average molecular weight is 347 g/mol. The summed E-state index contributed by atoms with van der Waals surface area (Å²) in [4.78, 5) is 14.5. The Balaban J connectivity index is 0.00000208. The van der Waals surface area contributed by atoms with Crippen LogP contribution in [-0.2, 0) is 6.42 Å². The summed E-state index contributed by atoms with van der Waals surface area (Å²) in [5.41, 5.74) is 7.46. The SMILES string of the molecule is CCCCN1CCCC1Cc1c(C(N)=O)ccc2ccccc12.Cl. The van der Waals surface area contributed by atoms with Crippen molar-refractivity contribution in [3.8, 4) is 0 Å². The van der Waals surface area contributed by atoms with Crippen molar-refractivity contribution in [3.63, 3.8) is 0 Å². The van der Waals surface area contributed by atoms with E-state index in [1.807, 2.05) is 24.3 Å². The third kappa shape index (κ3) is 3.90. The topological polar surface area (TPSA) is 46.3 Å². The molecule has 0 bridgehead atoms. The summed E-state index contributed by atoms with van der Waals surface area (Å²) < 4.78 is 0. The number of benzene rings is 2. The van der Waals surface area contributed by atoms with Crippen LogP contribution in [0.25, 0.3) is 10.8 Å². The van der Waals surface area contributed by atoms with Crippen molar-refractivity contribution in [2.24, 2.45) is 5.73 Å². The Hall–Kier alpha value is -1.58. The Labute approximate surface area is 150 Å². The fourth-order valence-corrected chi connectivity index (χ4v) is 3.80. The molecule has 4 heteroatoms. The van der Waals surface area contributed by atoms with Gasteiger partial charge in [0.05, 0.1) is 0 Å². The number of primary amides is 1. The van der Waals surface area contributed by atoms with Gasteiger partial charge >= 0.3 is 0 Å². The van der Waals surface area contributed by atoms with Gasteiger partial charge in [-0.2, -0.15) is 0 Å². The lowest BCUT2D eigenvalue weighted by molar-refractivity contribution is 0.0999. The molecule has 1 fully saturated rings. The molecule has 1 saturated heterocycles. The number of fused-ring (bicyclic) bond motifs is 1. The summed E-state index contributed by atoms with van der Waals surface area (Å²) in [6, 6.07) is 12.7. The minimum Gasteiger partial charge on any atom is -0.366 e. The molecule has 0 saturated carbocycles. The van der Waals surface area contributed by atoms with Crippen LogP contribution in [-0.4, -0.2) is 29.9 Å². The second-order valence-corrected chi connectivity index (χ2v) is 6.57. The van der Waals surface area contributed by atoms with Gasteiger partial charge in [0.25, 0.3) is 0 Å². The maximum absolute atomic E-state index is 11.9. The number of halogens is 1. The second kappa shape index (κ2) is 8.50. The molecule has 24 heavy (non-hydrogen) atoms. The van der Waals surface area contributed by atoms with Gasteiger partial charge in [0.1, 0.15) is 0 Å². The fourth-order valence-electron chi connectivity index (χ4n) is 3.80. The number of amides is 1. The standard InChI is InChI=1S/C20H26N2O.ClH/c1-2-3-12-22-13-6-8-16(22)14-19-17-9-5-4-7-15(17)10-11-18(19)20(21)23;/h4-5,7,9-11,16H,2-3,6,8,12-14H2,1H3,(H2,21,23);1H. The number of nitrogens with zero attached hydrogens (tertiary/aromatic N) is 1. The molecule has 1 atom stereocenters. The third-order valence-corrected chi connectivity index (χ3v) is 5.04. The van der Waals surface area contributed by atoms with E-state index in [2.05, 4.69) is 24.0 Å². The highest BCUT2D eigenvalue weighted by Crippen LogP contribution is 2.28. The first-order valence-electron chi connectivity index (χ1n) is 8.75. The Morgan fingerprint density at radius 2 is 2.04 bits per heavy atom. The molecule has 0 aliphatic carbocycles. The van der Waals surface area contributed by atoms with Crippen LogP contribution in [0, 0.1) is 0 Å². The summed E-state index contributed by atoms with van der Waals surface area (Å²) in [5.74, 6) is -0.316. The zero-order valence-corrected chi connectivity index (χ0v) is 15.1. The molecule has 3 rings (SSSR count). The lowest BCUT2D eigenvalue weighted by Crippen LogP contribution is -2.32. The Kier molecular flexibility index (Phi) is 6.64. The quantitative estimate of drug-likeness (QED) is 0.853. The van der Waals surface area contributed by atoms with Crippen molar-refractivity contribution in [2.75, 3.05) is 13.1 Å². The minimum atomic E-state index is -0.316. The number of carbonyl (C=O) groups excluding carboxylic acids is 1. The molecule has 130 valence electrons. The average Bonchev–Trinajstić information content (AvgIpc) is 3.00. The van der Waals surface area contributed by atoms with Crippen LogP contribution < -0.4 is 5.73 Å². The van der Waals surface area contributed by atoms with Crippen LogP contribution in [0.4, 0.5) is 0 Å². The van der Waals surface area contributed by atoms with Crippen molar-refractivity contribution < 1.29 is 4.79 Å². The monoisotopic (exact) mass is 346 g/mol. The highest BCUT2D eigenvalue weighted by Gasteiger charge is 2.26. The predicted octanol–water partition coefficient (Wildman–Crippen LogP) is 4.17. The first kappa shape index (κ1) is 18.8. The first-order chi connectivity index (χ1) is 11.2. The van der Waals surface area contributed by atoms with Crippen molar-refractivity contribution in [3.05, 3.63) is 47.5 Å². The molecule has 2 aromatic rings. The molecule has 0 radical (unpaired) electrons. The highest BCUT2D eigenvalue weighted by molar-refractivity contribution is 6.00. The Bertz CT molecular complexity index is 701. The highest BCUT2D eigenvalue weighted by atomic mass is 35.5.